The van der Waals surface area contributed by atoms with E-state index in [2.05, 4.69) is 0 Å². The SMILES string of the molecule is Cc1c(COC(=O)CCC(=O)[O-])c(=O)oc2c3c(ccc12)OC(C)(C)[C@H](OC(=O)[C@@]12CCC(C)(C(=O)O1)C2(C)C)[C@@H]3OC(=O)[C@@]12CCC(C)(C(=O)O1)C2(C)C.[Na+]. The van der Waals surface area contributed by atoms with Crippen LogP contribution in [0, 0.1) is 28.6 Å². The van der Waals surface area contributed by atoms with Crippen LogP contribution in [-0.2, 0) is 59.1 Å². The summed E-state index contributed by atoms with van der Waals surface area (Å²) < 4.78 is 41.9. The van der Waals surface area contributed by atoms with Crippen LogP contribution < -0.4 is 45.0 Å². The molecule has 2 saturated carbocycles. The fraction of sp³-hybridized carbons (Fsp3) is 0.625. The first kappa shape index (κ1) is 41.7. The van der Waals surface area contributed by atoms with Crippen molar-refractivity contribution in [2.45, 2.75) is 136 Å². The number of carbonyl (C=O) groups excluding carboxylic acids is 6. The van der Waals surface area contributed by atoms with Crippen LogP contribution in [0.1, 0.15) is 117 Å². The van der Waals surface area contributed by atoms with Crippen molar-refractivity contribution >= 4 is 46.8 Å². The van der Waals surface area contributed by atoms with Gasteiger partial charge in [0.2, 0.25) is 11.2 Å². The van der Waals surface area contributed by atoms with Gasteiger partial charge in [-0.25, -0.2) is 14.4 Å². The molecular formula is C40H45NaO15. The van der Waals surface area contributed by atoms with Crippen LogP contribution in [0.5, 0.6) is 5.75 Å². The molecule has 1 aromatic heterocycles. The topological polar surface area (TPSA) is 211 Å². The quantitative estimate of drug-likeness (QED) is 0.147. The second kappa shape index (κ2) is 13.0. The number of ether oxygens (including phenoxy) is 6. The van der Waals surface area contributed by atoms with Gasteiger partial charge in [0.05, 0.1) is 28.4 Å². The predicted molar refractivity (Wildman–Crippen MR) is 185 cm³/mol. The molecule has 5 aliphatic rings. The third kappa shape index (κ3) is 5.35. The van der Waals surface area contributed by atoms with Gasteiger partial charge in [0, 0.05) is 22.2 Å². The van der Waals surface area contributed by atoms with Crippen molar-refractivity contribution in [3.8, 4) is 5.75 Å². The van der Waals surface area contributed by atoms with E-state index in [1.807, 2.05) is 0 Å². The summed E-state index contributed by atoms with van der Waals surface area (Å²) in [5, 5.41) is 11.1. The van der Waals surface area contributed by atoms with Gasteiger partial charge in [0.25, 0.3) is 0 Å². The zero-order chi connectivity index (χ0) is 40.5. The molecule has 0 spiro atoms. The number of esters is 5. The molecule has 4 fully saturated rings. The Morgan fingerprint density at radius 2 is 1.30 bits per heavy atom. The van der Waals surface area contributed by atoms with E-state index in [-0.39, 0.29) is 64.9 Å². The van der Waals surface area contributed by atoms with E-state index in [1.54, 1.807) is 74.4 Å². The number of benzene rings is 1. The van der Waals surface area contributed by atoms with Gasteiger partial charge in [-0.2, -0.15) is 0 Å². The molecule has 4 bridgehead atoms. The van der Waals surface area contributed by atoms with E-state index < -0.39 is 112 Å². The van der Waals surface area contributed by atoms with E-state index >= 15 is 0 Å². The smallest absolute Gasteiger partial charge is 0.550 e. The normalized spacial score (nSPS) is 32.4. The van der Waals surface area contributed by atoms with Crippen molar-refractivity contribution in [2.24, 2.45) is 21.7 Å². The maximum atomic E-state index is 14.7. The van der Waals surface area contributed by atoms with Gasteiger partial charge < -0.3 is 42.7 Å². The first-order valence-corrected chi connectivity index (χ1v) is 18.4. The van der Waals surface area contributed by atoms with E-state index in [4.69, 9.17) is 32.8 Å². The number of hydrogen-bond acceptors (Lipinski definition) is 15. The molecule has 296 valence electrons. The monoisotopic (exact) mass is 788 g/mol. The summed E-state index contributed by atoms with van der Waals surface area (Å²) in [6.45, 7) is 14.9. The third-order valence-electron chi connectivity index (χ3n) is 14.3. The van der Waals surface area contributed by atoms with Crippen LogP contribution in [0.15, 0.2) is 21.3 Å². The molecule has 3 aliphatic heterocycles. The molecule has 2 aromatic rings. The van der Waals surface area contributed by atoms with Crippen molar-refractivity contribution in [2.75, 3.05) is 0 Å². The van der Waals surface area contributed by atoms with Crippen LogP contribution in [0.4, 0.5) is 0 Å². The van der Waals surface area contributed by atoms with Gasteiger partial charge in [-0.05, 0) is 84.4 Å². The summed E-state index contributed by atoms with van der Waals surface area (Å²) in [4.78, 5) is 92.1. The molecule has 1 aromatic carbocycles. The number of carboxylic acids is 1. The number of rotatable bonds is 9. The fourth-order valence-corrected chi connectivity index (χ4v) is 9.42. The number of hydrogen-bond donors (Lipinski definition) is 0. The van der Waals surface area contributed by atoms with E-state index in [0.717, 1.165) is 0 Å². The zero-order valence-electron chi connectivity index (χ0n) is 33.4. The van der Waals surface area contributed by atoms with Gasteiger partial charge >= 0.3 is 65.0 Å². The van der Waals surface area contributed by atoms with E-state index in [9.17, 15) is 38.7 Å². The second-order valence-electron chi connectivity index (χ2n) is 17.6. The molecule has 56 heavy (non-hydrogen) atoms. The molecular weight excluding hydrogens is 743 g/mol. The average Bonchev–Trinajstić information content (AvgIpc) is 3.56. The van der Waals surface area contributed by atoms with Gasteiger partial charge in [-0.3, -0.25) is 14.4 Å². The molecule has 2 unspecified atom stereocenters. The Morgan fingerprint density at radius 1 is 0.768 bits per heavy atom. The Hall–Kier alpha value is -3.95. The van der Waals surface area contributed by atoms with Gasteiger partial charge in [0.15, 0.2) is 12.2 Å². The number of aliphatic carboxylic acids is 1. The second-order valence-corrected chi connectivity index (χ2v) is 17.6. The Bertz CT molecular complexity index is 2170. The standard InChI is InChI=1S/C40H46O15.Na/c1-19-20-10-11-22-25(26(20)50-29(44)21(19)18-49-24(43)13-12-23(41)42)27(51-32(47)39-16-14-37(8,30(45)54-39)35(39,4)5)28(34(2,3)53-22)52-33(48)40-17-15-38(9,31(46)55-40)36(40,6)7;/h10-11,27-28H,12-18H2,1-9H3,(H,41,42);/q;+1/p-1/t27-,28-,37?,38?,39-,40-;/m1./s1. The molecule has 2 aliphatic carbocycles. The van der Waals surface area contributed by atoms with Crippen LogP contribution >= 0.6 is 0 Å². The maximum Gasteiger partial charge on any atom is 1.00 e. The summed E-state index contributed by atoms with van der Waals surface area (Å²) in [7, 11) is 0. The molecule has 6 atom stereocenters. The number of aryl methyl sites for hydroxylation is 1. The van der Waals surface area contributed by atoms with Crippen LogP contribution in [-0.4, -0.2) is 58.7 Å². The number of fused-ring (bicyclic) bond motifs is 7. The first-order chi connectivity index (χ1) is 25.4. The predicted octanol–water partition coefficient (Wildman–Crippen LogP) is 0.590. The van der Waals surface area contributed by atoms with Gasteiger partial charge in [0.1, 0.15) is 23.5 Å². The summed E-state index contributed by atoms with van der Waals surface area (Å²) in [5.74, 6) is -4.97. The molecule has 2 saturated heterocycles. The van der Waals surface area contributed by atoms with Crippen molar-refractivity contribution in [3.63, 3.8) is 0 Å². The zero-order valence-corrected chi connectivity index (χ0v) is 35.4. The molecule has 0 N–H and O–H groups in total. The maximum absolute atomic E-state index is 14.7. The summed E-state index contributed by atoms with van der Waals surface area (Å²) in [6, 6.07) is 3.19. The Balaban J connectivity index is 0.00000532. The van der Waals surface area contributed by atoms with Crippen molar-refractivity contribution < 1.29 is 96.3 Å². The molecule has 4 heterocycles. The molecule has 7 rings (SSSR count). The first-order valence-electron chi connectivity index (χ1n) is 18.4. The average molecular weight is 789 g/mol. The Kier molecular flexibility index (Phi) is 9.70. The van der Waals surface area contributed by atoms with Gasteiger partial charge in [-0.1, -0.05) is 27.7 Å². The number of carbonyl (C=O) groups is 6. The van der Waals surface area contributed by atoms with Crippen molar-refractivity contribution in [3.05, 3.63) is 39.2 Å². The third-order valence-corrected chi connectivity index (χ3v) is 14.3. The largest absolute Gasteiger partial charge is 1.00 e. The van der Waals surface area contributed by atoms with E-state index in [0.29, 0.717) is 23.8 Å². The molecule has 0 amide bonds. The van der Waals surface area contributed by atoms with E-state index in [1.165, 1.54) is 0 Å². The minimum absolute atomic E-state index is 0. The molecule has 16 heteroatoms. The molecule has 0 radical (unpaired) electrons. The summed E-state index contributed by atoms with van der Waals surface area (Å²) in [5.41, 5.74) is -9.29. The fourth-order valence-electron chi connectivity index (χ4n) is 9.42. The minimum Gasteiger partial charge on any atom is -0.550 e. The van der Waals surface area contributed by atoms with Crippen molar-refractivity contribution in [1.82, 2.24) is 0 Å². The summed E-state index contributed by atoms with van der Waals surface area (Å²) in [6.07, 6.45) is -2.86. The Labute approximate surface area is 344 Å². The van der Waals surface area contributed by atoms with Crippen LogP contribution in [0.3, 0.4) is 0 Å². The molecule has 15 nitrogen and oxygen atoms in total. The van der Waals surface area contributed by atoms with Gasteiger partial charge in [-0.15, -0.1) is 0 Å². The summed E-state index contributed by atoms with van der Waals surface area (Å²) >= 11 is 0. The Morgan fingerprint density at radius 3 is 1.79 bits per heavy atom. The minimum atomic E-state index is -1.69. The number of carboxylic acid groups (broad SMARTS) is 1. The van der Waals surface area contributed by atoms with Crippen LogP contribution in [0.2, 0.25) is 0 Å². The van der Waals surface area contributed by atoms with Crippen LogP contribution in [0.25, 0.3) is 11.0 Å². The van der Waals surface area contributed by atoms with Crippen molar-refractivity contribution in [1.29, 1.82) is 0 Å².